The fourth-order valence-electron chi connectivity index (χ4n) is 3.70. The topological polar surface area (TPSA) is 96.0 Å². The molecule has 0 spiro atoms. The van der Waals surface area contributed by atoms with E-state index in [-0.39, 0.29) is 23.0 Å². The number of amides is 2. The molecular formula is C27H31N3O5S. The normalized spacial score (nSPS) is 11.9. The van der Waals surface area contributed by atoms with Crippen LogP contribution in [0.25, 0.3) is 0 Å². The van der Waals surface area contributed by atoms with Crippen LogP contribution in [0, 0.1) is 6.92 Å². The number of sulfonamides is 1. The van der Waals surface area contributed by atoms with Crippen molar-refractivity contribution in [3.05, 3.63) is 90.0 Å². The molecule has 3 aromatic rings. The molecule has 0 saturated heterocycles. The van der Waals surface area contributed by atoms with E-state index in [1.54, 1.807) is 43.3 Å². The molecular weight excluding hydrogens is 478 g/mol. The summed E-state index contributed by atoms with van der Waals surface area (Å²) in [5.74, 6) is -0.425. The third kappa shape index (κ3) is 6.23. The summed E-state index contributed by atoms with van der Waals surface area (Å²) in [4.78, 5) is 27.6. The fraction of sp³-hybridized carbons (Fsp3) is 0.259. The largest absolute Gasteiger partial charge is 0.497 e. The molecule has 0 unspecified atom stereocenters. The number of anilines is 1. The maximum atomic E-state index is 13.8. The molecule has 2 amide bonds. The van der Waals surface area contributed by atoms with Crippen LogP contribution >= 0.6 is 0 Å². The number of likely N-dealkylation sites (N-methyl/N-ethyl adjacent to an activating group) is 1. The molecule has 0 heterocycles. The lowest BCUT2D eigenvalue weighted by atomic mass is 10.1. The van der Waals surface area contributed by atoms with Gasteiger partial charge in [-0.05, 0) is 43.7 Å². The van der Waals surface area contributed by atoms with Crippen molar-refractivity contribution in [3.8, 4) is 5.75 Å². The van der Waals surface area contributed by atoms with Crippen molar-refractivity contribution in [1.29, 1.82) is 0 Å². The summed E-state index contributed by atoms with van der Waals surface area (Å²) in [6, 6.07) is 21.3. The predicted octanol–water partition coefficient (Wildman–Crippen LogP) is 3.36. The molecule has 36 heavy (non-hydrogen) atoms. The summed E-state index contributed by atoms with van der Waals surface area (Å²) in [6.07, 6.45) is 0. The summed E-state index contributed by atoms with van der Waals surface area (Å²) in [5.41, 5.74) is 2.00. The molecule has 0 saturated carbocycles. The monoisotopic (exact) mass is 509 g/mol. The lowest BCUT2D eigenvalue weighted by molar-refractivity contribution is -0.139. The van der Waals surface area contributed by atoms with Crippen LogP contribution in [0.5, 0.6) is 5.75 Å². The summed E-state index contributed by atoms with van der Waals surface area (Å²) in [6.45, 7) is 3.12. The zero-order valence-corrected chi connectivity index (χ0v) is 21.7. The molecule has 1 atom stereocenters. The Bertz CT molecular complexity index is 1290. The van der Waals surface area contributed by atoms with Crippen molar-refractivity contribution in [1.82, 2.24) is 10.2 Å². The third-order valence-electron chi connectivity index (χ3n) is 5.84. The van der Waals surface area contributed by atoms with Gasteiger partial charge in [0.05, 0.1) is 17.7 Å². The highest BCUT2D eigenvalue weighted by Gasteiger charge is 2.32. The number of carbonyl (C=O) groups is 2. The van der Waals surface area contributed by atoms with Crippen LogP contribution in [0.1, 0.15) is 18.1 Å². The molecule has 0 aromatic heterocycles. The molecule has 9 heteroatoms. The average Bonchev–Trinajstić information content (AvgIpc) is 2.90. The lowest BCUT2D eigenvalue weighted by Crippen LogP contribution is -2.50. The van der Waals surface area contributed by atoms with E-state index in [0.717, 1.165) is 15.4 Å². The Morgan fingerprint density at radius 2 is 1.64 bits per heavy atom. The molecule has 0 fully saturated rings. The average molecular weight is 510 g/mol. The first-order valence-corrected chi connectivity index (χ1v) is 12.9. The van der Waals surface area contributed by atoms with E-state index >= 15 is 0 Å². The SMILES string of the molecule is CNC(=O)[C@@H](C)N(Cc1ccccc1)C(=O)CN(c1cccc(OC)c1)S(=O)(=O)c1ccc(C)cc1. The summed E-state index contributed by atoms with van der Waals surface area (Å²) in [7, 11) is -1.14. The Kier molecular flexibility index (Phi) is 8.71. The number of hydrogen-bond acceptors (Lipinski definition) is 5. The molecule has 0 bridgehead atoms. The van der Waals surface area contributed by atoms with Crippen molar-refractivity contribution < 1.29 is 22.7 Å². The fourth-order valence-corrected chi connectivity index (χ4v) is 5.11. The number of ether oxygens (including phenoxy) is 1. The minimum Gasteiger partial charge on any atom is -0.497 e. The molecule has 1 N–H and O–H groups in total. The van der Waals surface area contributed by atoms with Crippen LogP contribution in [0.4, 0.5) is 5.69 Å². The minimum atomic E-state index is -4.12. The Morgan fingerprint density at radius 3 is 2.25 bits per heavy atom. The van der Waals surface area contributed by atoms with Crippen LogP contribution in [-0.2, 0) is 26.2 Å². The molecule has 0 aliphatic heterocycles. The van der Waals surface area contributed by atoms with Gasteiger partial charge in [0.15, 0.2) is 0 Å². The van der Waals surface area contributed by atoms with Gasteiger partial charge < -0.3 is 15.0 Å². The van der Waals surface area contributed by atoms with Gasteiger partial charge in [-0.3, -0.25) is 13.9 Å². The van der Waals surface area contributed by atoms with E-state index in [2.05, 4.69) is 5.32 Å². The first-order chi connectivity index (χ1) is 17.2. The third-order valence-corrected chi connectivity index (χ3v) is 7.63. The van der Waals surface area contributed by atoms with Crippen LogP contribution in [-0.4, -0.2) is 51.9 Å². The number of rotatable bonds is 10. The van der Waals surface area contributed by atoms with E-state index < -0.39 is 28.5 Å². The molecule has 0 radical (unpaired) electrons. The number of nitrogens with one attached hydrogen (secondary N) is 1. The van der Waals surface area contributed by atoms with Crippen molar-refractivity contribution in [2.75, 3.05) is 25.0 Å². The first kappa shape index (κ1) is 26.7. The van der Waals surface area contributed by atoms with Gasteiger partial charge in [0, 0.05) is 19.7 Å². The molecule has 0 aliphatic rings. The zero-order chi connectivity index (χ0) is 26.3. The van der Waals surface area contributed by atoms with Gasteiger partial charge in [0.1, 0.15) is 18.3 Å². The van der Waals surface area contributed by atoms with Crippen LogP contribution in [0.2, 0.25) is 0 Å². The van der Waals surface area contributed by atoms with Crippen molar-refractivity contribution in [2.24, 2.45) is 0 Å². The second-order valence-electron chi connectivity index (χ2n) is 8.32. The van der Waals surface area contributed by atoms with E-state index in [0.29, 0.717) is 5.75 Å². The highest BCUT2D eigenvalue weighted by atomic mass is 32.2. The number of hydrogen-bond donors (Lipinski definition) is 1. The van der Waals surface area contributed by atoms with E-state index in [9.17, 15) is 18.0 Å². The van der Waals surface area contributed by atoms with E-state index in [1.165, 1.54) is 31.2 Å². The molecule has 8 nitrogen and oxygen atoms in total. The summed E-state index contributed by atoms with van der Waals surface area (Å²) < 4.78 is 33.8. The van der Waals surface area contributed by atoms with Crippen molar-refractivity contribution in [3.63, 3.8) is 0 Å². The van der Waals surface area contributed by atoms with Gasteiger partial charge in [-0.15, -0.1) is 0 Å². The number of benzene rings is 3. The first-order valence-electron chi connectivity index (χ1n) is 11.5. The minimum absolute atomic E-state index is 0.0534. The highest BCUT2D eigenvalue weighted by Crippen LogP contribution is 2.27. The maximum Gasteiger partial charge on any atom is 0.264 e. The number of carbonyl (C=O) groups excluding carboxylic acids is 2. The van der Waals surface area contributed by atoms with Crippen LogP contribution in [0.3, 0.4) is 0 Å². The van der Waals surface area contributed by atoms with Gasteiger partial charge in [0.2, 0.25) is 11.8 Å². The smallest absolute Gasteiger partial charge is 0.264 e. The second kappa shape index (κ2) is 11.7. The quantitative estimate of drug-likeness (QED) is 0.452. The van der Waals surface area contributed by atoms with E-state index in [4.69, 9.17) is 4.74 Å². The standard InChI is InChI=1S/C27H31N3O5S/c1-20-13-15-25(16-14-20)36(33,34)30(23-11-8-12-24(17-23)35-4)19-26(31)29(21(2)27(32)28-3)18-22-9-6-5-7-10-22/h5-17,21H,18-19H2,1-4H3,(H,28,32)/t21-/m1/s1. The van der Waals surface area contributed by atoms with Crippen LogP contribution in [0.15, 0.2) is 83.8 Å². The summed E-state index contributed by atoms with van der Waals surface area (Å²) in [5, 5.41) is 2.57. The molecule has 190 valence electrons. The zero-order valence-electron chi connectivity index (χ0n) is 20.8. The van der Waals surface area contributed by atoms with Gasteiger partial charge in [-0.2, -0.15) is 0 Å². The second-order valence-corrected chi connectivity index (χ2v) is 10.2. The Hall–Kier alpha value is -3.85. The van der Waals surface area contributed by atoms with Crippen LogP contribution < -0.4 is 14.4 Å². The van der Waals surface area contributed by atoms with Gasteiger partial charge in [-0.1, -0.05) is 54.1 Å². The van der Waals surface area contributed by atoms with Gasteiger partial charge in [0.25, 0.3) is 10.0 Å². The maximum absolute atomic E-state index is 13.8. The number of aryl methyl sites for hydroxylation is 1. The summed E-state index contributed by atoms with van der Waals surface area (Å²) >= 11 is 0. The Morgan fingerprint density at radius 1 is 0.972 bits per heavy atom. The predicted molar refractivity (Wildman–Crippen MR) is 139 cm³/mol. The van der Waals surface area contributed by atoms with Crippen molar-refractivity contribution in [2.45, 2.75) is 31.3 Å². The van der Waals surface area contributed by atoms with Crippen molar-refractivity contribution >= 4 is 27.5 Å². The Balaban J connectivity index is 2.04. The lowest BCUT2D eigenvalue weighted by Gasteiger charge is -2.31. The Labute approximate surface area is 212 Å². The van der Waals surface area contributed by atoms with Gasteiger partial charge in [-0.25, -0.2) is 8.42 Å². The number of nitrogens with zero attached hydrogens (tertiary/aromatic N) is 2. The molecule has 3 aromatic carbocycles. The van der Waals surface area contributed by atoms with Gasteiger partial charge >= 0.3 is 0 Å². The molecule has 0 aliphatic carbocycles. The highest BCUT2D eigenvalue weighted by molar-refractivity contribution is 7.92. The number of methoxy groups -OCH3 is 1. The van der Waals surface area contributed by atoms with E-state index in [1.807, 2.05) is 37.3 Å². The molecule has 3 rings (SSSR count).